The Morgan fingerprint density at radius 3 is 2.43 bits per heavy atom. The van der Waals surface area contributed by atoms with Crippen molar-refractivity contribution in [3.05, 3.63) is 29.8 Å². The summed E-state index contributed by atoms with van der Waals surface area (Å²) >= 11 is 0. The van der Waals surface area contributed by atoms with Crippen LogP contribution < -0.4 is 5.73 Å². The molecule has 1 fully saturated rings. The molecule has 1 amide bonds. The zero-order chi connectivity index (χ0) is 17.2. The predicted octanol–water partition coefficient (Wildman–Crippen LogP) is 1.51. The first-order valence-electron chi connectivity index (χ1n) is 7.95. The lowest BCUT2D eigenvalue weighted by Gasteiger charge is -2.30. The van der Waals surface area contributed by atoms with Gasteiger partial charge >= 0.3 is 0 Å². The summed E-state index contributed by atoms with van der Waals surface area (Å²) < 4.78 is 26.8. The number of hydrazine groups is 1. The zero-order valence-corrected chi connectivity index (χ0v) is 14.7. The first-order valence-corrected chi connectivity index (χ1v) is 9.39. The molecular formula is C16H25N3O3S. The number of nitrogens with zero attached hydrogens (tertiary/aromatic N) is 2. The highest BCUT2D eigenvalue weighted by molar-refractivity contribution is 7.89. The fourth-order valence-corrected chi connectivity index (χ4v) is 4.07. The van der Waals surface area contributed by atoms with Crippen molar-refractivity contribution in [2.24, 2.45) is 11.7 Å². The molecule has 1 unspecified atom stereocenters. The third-order valence-electron chi connectivity index (χ3n) is 4.38. The molecule has 0 aliphatic carbocycles. The minimum atomic E-state index is -3.73. The van der Waals surface area contributed by atoms with Gasteiger partial charge in [0, 0.05) is 13.1 Å². The highest BCUT2D eigenvalue weighted by atomic mass is 32.2. The van der Waals surface area contributed by atoms with Crippen LogP contribution in [0.4, 0.5) is 0 Å². The largest absolute Gasteiger partial charge is 0.320 e. The summed E-state index contributed by atoms with van der Waals surface area (Å²) in [6, 6.07) is 5.95. The normalized spacial score (nSPS) is 18.9. The molecular weight excluding hydrogens is 314 g/mol. The summed E-state index contributed by atoms with van der Waals surface area (Å²) in [7, 11) is -3.73. The molecule has 1 saturated heterocycles. The average Bonchev–Trinajstić information content (AvgIpc) is 3.03. The van der Waals surface area contributed by atoms with Crippen molar-refractivity contribution in [1.82, 2.24) is 9.42 Å². The Morgan fingerprint density at radius 2 is 1.87 bits per heavy atom. The Kier molecular flexibility index (Phi) is 5.44. The van der Waals surface area contributed by atoms with Crippen LogP contribution in [0.3, 0.4) is 0 Å². The van der Waals surface area contributed by atoms with Crippen molar-refractivity contribution < 1.29 is 13.2 Å². The van der Waals surface area contributed by atoms with Crippen molar-refractivity contribution in [1.29, 1.82) is 0 Å². The molecule has 2 rings (SSSR count). The number of carbonyl (C=O) groups is 1. The molecule has 0 aromatic heterocycles. The van der Waals surface area contributed by atoms with Gasteiger partial charge in [0.15, 0.2) is 0 Å². The molecule has 128 valence electrons. The fourth-order valence-electron chi connectivity index (χ4n) is 2.56. The SMILES string of the molecule is CCC(C)[C@H](N)C(=O)N1CCCN1S(=O)(=O)c1ccc(C)cc1. The maximum Gasteiger partial charge on any atom is 0.260 e. The van der Waals surface area contributed by atoms with Gasteiger partial charge in [0.25, 0.3) is 15.9 Å². The second kappa shape index (κ2) is 6.98. The van der Waals surface area contributed by atoms with E-state index in [9.17, 15) is 13.2 Å². The van der Waals surface area contributed by atoms with Gasteiger partial charge in [-0.05, 0) is 31.4 Å². The molecule has 0 bridgehead atoms. The number of carbonyl (C=O) groups excluding carboxylic acids is 1. The van der Waals surface area contributed by atoms with E-state index in [4.69, 9.17) is 5.73 Å². The van der Waals surface area contributed by atoms with E-state index in [2.05, 4.69) is 0 Å². The van der Waals surface area contributed by atoms with Crippen LogP contribution in [0, 0.1) is 12.8 Å². The van der Waals surface area contributed by atoms with Crippen molar-refractivity contribution >= 4 is 15.9 Å². The molecule has 1 aromatic rings. The van der Waals surface area contributed by atoms with Crippen LogP contribution >= 0.6 is 0 Å². The Morgan fingerprint density at radius 1 is 1.26 bits per heavy atom. The van der Waals surface area contributed by atoms with Gasteiger partial charge < -0.3 is 5.73 Å². The lowest BCUT2D eigenvalue weighted by Crippen LogP contribution is -2.52. The number of sulfonamides is 1. The molecule has 1 heterocycles. The third kappa shape index (κ3) is 3.57. The van der Waals surface area contributed by atoms with Gasteiger partial charge in [-0.2, -0.15) is 0 Å². The van der Waals surface area contributed by atoms with E-state index in [0.29, 0.717) is 19.5 Å². The van der Waals surface area contributed by atoms with E-state index in [1.54, 1.807) is 24.3 Å². The van der Waals surface area contributed by atoms with Crippen LogP contribution in [0.5, 0.6) is 0 Å². The molecule has 2 atom stereocenters. The Labute approximate surface area is 138 Å². The number of rotatable bonds is 5. The summed E-state index contributed by atoms with van der Waals surface area (Å²) in [5.41, 5.74) is 6.99. The summed E-state index contributed by atoms with van der Waals surface area (Å²) in [6.45, 7) is 6.44. The number of hydrogen-bond acceptors (Lipinski definition) is 4. The van der Waals surface area contributed by atoms with Crippen LogP contribution in [0.15, 0.2) is 29.2 Å². The molecule has 1 aliphatic rings. The van der Waals surface area contributed by atoms with E-state index in [0.717, 1.165) is 12.0 Å². The van der Waals surface area contributed by atoms with Crippen molar-refractivity contribution in [3.8, 4) is 0 Å². The van der Waals surface area contributed by atoms with Crippen LogP contribution in [0.25, 0.3) is 0 Å². The second-order valence-corrected chi connectivity index (χ2v) is 7.93. The highest BCUT2D eigenvalue weighted by Gasteiger charge is 2.39. The first kappa shape index (κ1) is 17.9. The molecule has 0 saturated carbocycles. The molecule has 1 aromatic carbocycles. The Balaban J connectivity index is 2.27. The topological polar surface area (TPSA) is 83.7 Å². The number of benzene rings is 1. The summed E-state index contributed by atoms with van der Waals surface area (Å²) in [5, 5.41) is 1.30. The van der Waals surface area contributed by atoms with Crippen LogP contribution in [0.2, 0.25) is 0 Å². The van der Waals surface area contributed by atoms with Crippen molar-refractivity contribution in [2.75, 3.05) is 13.1 Å². The molecule has 6 nitrogen and oxygen atoms in total. The molecule has 7 heteroatoms. The van der Waals surface area contributed by atoms with E-state index in [1.165, 1.54) is 9.42 Å². The van der Waals surface area contributed by atoms with Crippen LogP contribution in [-0.2, 0) is 14.8 Å². The van der Waals surface area contributed by atoms with Gasteiger partial charge in [-0.15, -0.1) is 4.41 Å². The Bertz CT molecular complexity index is 658. The van der Waals surface area contributed by atoms with Crippen LogP contribution in [0.1, 0.15) is 32.3 Å². The Hall–Kier alpha value is -1.44. The van der Waals surface area contributed by atoms with Gasteiger partial charge in [0.05, 0.1) is 10.9 Å². The van der Waals surface area contributed by atoms with E-state index < -0.39 is 16.1 Å². The minimum Gasteiger partial charge on any atom is -0.320 e. The lowest BCUT2D eigenvalue weighted by atomic mass is 9.99. The maximum absolute atomic E-state index is 12.8. The van der Waals surface area contributed by atoms with E-state index in [-0.39, 0.29) is 16.7 Å². The molecule has 2 N–H and O–H groups in total. The fraction of sp³-hybridized carbons (Fsp3) is 0.562. The van der Waals surface area contributed by atoms with E-state index in [1.807, 2.05) is 20.8 Å². The number of amides is 1. The predicted molar refractivity (Wildman–Crippen MR) is 88.8 cm³/mol. The number of aryl methyl sites for hydroxylation is 1. The van der Waals surface area contributed by atoms with Crippen LogP contribution in [-0.4, -0.2) is 42.9 Å². The van der Waals surface area contributed by atoms with E-state index >= 15 is 0 Å². The maximum atomic E-state index is 12.8. The lowest BCUT2D eigenvalue weighted by molar-refractivity contribution is -0.140. The third-order valence-corrected chi connectivity index (χ3v) is 6.18. The monoisotopic (exact) mass is 339 g/mol. The van der Waals surface area contributed by atoms with Gasteiger partial charge in [0.2, 0.25) is 0 Å². The van der Waals surface area contributed by atoms with Gasteiger partial charge in [-0.3, -0.25) is 9.80 Å². The smallest absolute Gasteiger partial charge is 0.260 e. The quantitative estimate of drug-likeness (QED) is 0.881. The molecule has 1 aliphatic heterocycles. The van der Waals surface area contributed by atoms with Crippen molar-refractivity contribution in [2.45, 2.75) is 44.6 Å². The molecule has 0 spiro atoms. The average molecular weight is 339 g/mol. The second-order valence-electron chi connectivity index (χ2n) is 6.09. The zero-order valence-electron chi connectivity index (χ0n) is 13.9. The van der Waals surface area contributed by atoms with Gasteiger partial charge in [0.1, 0.15) is 0 Å². The highest BCUT2D eigenvalue weighted by Crippen LogP contribution is 2.24. The standard InChI is InChI=1S/C16H25N3O3S/c1-4-13(3)15(17)16(20)18-10-5-11-19(18)23(21,22)14-8-6-12(2)7-9-14/h6-9,13,15H,4-5,10-11,17H2,1-3H3/t13?,15-/m0/s1. The summed E-state index contributed by atoms with van der Waals surface area (Å²) in [6.07, 6.45) is 1.38. The summed E-state index contributed by atoms with van der Waals surface area (Å²) in [5.74, 6) is -0.320. The first-order chi connectivity index (χ1) is 10.8. The van der Waals surface area contributed by atoms with Gasteiger partial charge in [-0.1, -0.05) is 38.0 Å². The molecule has 23 heavy (non-hydrogen) atoms. The summed E-state index contributed by atoms with van der Waals surface area (Å²) in [4.78, 5) is 12.8. The molecule has 0 radical (unpaired) electrons. The number of hydrogen-bond donors (Lipinski definition) is 1. The minimum absolute atomic E-state index is 0.00651. The van der Waals surface area contributed by atoms with Crippen molar-refractivity contribution in [3.63, 3.8) is 0 Å². The van der Waals surface area contributed by atoms with Gasteiger partial charge in [-0.25, -0.2) is 8.42 Å². The number of nitrogens with two attached hydrogens (primary N) is 1.